The van der Waals surface area contributed by atoms with Crippen LogP contribution in [0.15, 0.2) is 40.9 Å². The molecule has 1 aromatic carbocycles. The van der Waals surface area contributed by atoms with Crippen LogP contribution in [0.2, 0.25) is 0 Å². The maximum Gasteiger partial charge on any atom is 0.255 e. The zero-order valence-corrected chi connectivity index (χ0v) is 22.9. The minimum atomic E-state index is -3.02. The quantitative estimate of drug-likeness (QED) is 0.176. The topological polar surface area (TPSA) is 202 Å². The molecule has 0 saturated carbocycles. The number of ketones is 2. The molecule has 1 aromatic rings. The Kier molecular flexibility index (Phi) is 7.39. The number of nitrogens with zero attached hydrogens (tertiary/aromatic N) is 1. The van der Waals surface area contributed by atoms with Gasteiger partial charge in [0.1, 0.15) is 22.8 Å². The third-order valence-electron chi connectivity index (χ3n) is 7.04. The molecule has 4 rings (SSSR count). The molecular formula is C22H25ClN2O9Zn. The van der Waals surface area contributed by atoms with Crippen LogP contribution in [-0.2, 0) is 34.7 Å². The summed E-state index contributed by atoms with van der Waals surface area (Å²) in [5.74, 6) is -9.66. The van der Waals surface area contributed by atoms with Gasteiger partial charge >= 0.3 is 0 Å². The van der Waals surface area contributed by atoms with Gasteiger partial charge < -0.3 is 36.4 Å². The average Bonchev–Trinajstić information content (AvgIpc) is 2.70. The number of primary amides is 1. The fourth-order valence-corrected chi connectivity index (χ4v) is 5.60. The molecule has 13 heteroatoms. The Morgan fingerprint density at radius 1 is 1.11 bits per heavy atom. The van der Waals surface area contributed by atoms with Gasteiger partial charge in [-0.25, -0.2) is 0 Å². The van der Waals surface area contributed by atoms with Gasteiger partial charge in [-0.1, -0.05) is 12.1 Å². The van der Waals surface area contributed by atoms with E-state index in [4.69, 9.17) is 5.73 Å². The molecule has 35 heavy (non-hydrogen) atoms. The van der Waals surface area contributed by atoms with E-state index < -0.39 is 81.1 Å². The van der Waals surface area contributed by atoms with Crippen LogP contribution in [0, 0.1) is 11.8 Å². The normalized spacial score (nSPS) is 33.9. The first-order valence-corrected chi connectivity index (χ1v) is 10.1. The molecule has 1 amide bonds. The monoisotopic (exact) mass is 560 g/mol. The predicted octanol–water partition coefficient (Wildman–Crippen LogP) is -0.824. The number of aliphatic hydroxyl groups excluding tert-OH is 3. The second kappa shape index (κ2) is 8.95. The first-order chi connectivity index (χ1) is 15.2. The van der Waals surface area contributed by atoms with Gasteiger partial charge in [0.15, 0.2) is 11.4 Å². The summed E-state index contributed by atoms with van der Waals surface area (Å²) in [7, 11) is 2.85. The largest absolute Gasteiger partial charge is 0.510 e. The van der Waals surface area contributed by atoms with Crippen molar-refractivity contribution in [3.05, 3.63) is 52.0 Å². The number of likely N-dealkylation sites (N-methyl/N-ethyl adjacent to an activating group) is 1. The maximum absolute atomic E-state index is 13.3. The third kappa shape index (κ3) is 3.47. The van der Waals surface area contributed by atoms with E-state index in [0.717, 1.165) is 0 Å². The molecule has 0 aliphatic heterocycles. The Hall–Kier alpha value is -2.34. The molecule has 0 aromatic heterocycles. The van der Waals surface area contributed by atoms with Crippen LogP contribution in [0.25, 0.3) is 0 Å². The van der Waals surface area contributed by atoms with Crippen LogP contribution in [0.5, 0.6) is 5.75 Å². The Balaban J connectivity index is 0.00000216. The van der Waals surface area contributed by atoms with Crippen molar-refractivity contribution < 1.29 is 64.5 Å². The molecule has 186 valence electrons. The molecule has 0 radical (unpaired) electrons. The molecular weight excluding hydrogens is 537 g/mol. The van der Waals surface area contributed by atoms with E-state index in [1.165, 1.54) is 44.1 Å². The molecule has 0 saturated heterocycles. The van der Waals surface area contributed by atoms with Gasteiger partial charge in [0.2, 0.25) is 5.78 Å². The summed E-state index contributed by atoms with van der Waals surface area (Å²) in [4.78, 5) is 39.8. The van der Waals surface area contributed by atoms with Crippen LogP contribution >= 0.6 is 12.4 Å². The minimum absolute atomic E-state index is 0. The SMILES string of the molecule is CN(C)[C@@H]1C(O)=C(C(N)=O)C(=O)[C@@]2(O)C(O)=C3C(=O)c4c(O)cccc4[C@@](C)(O)[C@H]3[C@H](O)[C@@H]12.Cl.[Zn]. The van der Waals surface area contributed by atoms with Gasteiger partial charge in [-0.05, 0) is 32.6 Å². The number of Topliss-reactive ketones (excluding diaryl/α,β-unsaturated/α-hetero) is 2. The van der Waals surface area contributed by atoms with Crippen molar-refractivity contribution in [2.75, 3.05) is 14.1 Å². The van der Waals surface area contributed by atoms with E-state index in [-0.39, 0.29) is 43.0 Å². The fourth-order valence-electron chi connectivity index (χ4n) is 5.60. The second-order valence-electron chi connectivity index (χ2n) is 9.06. The van der Waals surface area contributed by atoms with E-state index >= 15 is 0 Å². The summed E-state index contributed by atoms with van der Waals surface area (Å²) in [6.07, 6.45) is -1.87. The van der Waals surface area contributed by atoms with E-state index in [1.807, 2.05) is 0 Å². The van der Waals surface area contributed by atoms with Crippen LogP contribution in [0.1, 0.15) is 22.8 Å². The zero-order valence-electron chi connectivity index (χ0n) is 19.1. The number of carbonyl (C=O) groups is 3. The van der Waals surface area contributed by atoms with Crippen molar-refractivity contribution in [3.63, 3.8) is 0 Å². The van der Waals surface area contributed by atoms with E-state index in [0.29, 0.717) is 0 Å². The summed E-state index contributed by atoms with van der Waals surface area (Å²) in [5.41, 5.74) is -1.88. The third-order valence-corrected chi connectivity index (χ3v) is 7.04. The number of benzene rings is 1. The molecule has 8 N–H and O–H groups in total. The summed E-state index contributed by atoms with van der Waals surface area (Å²) in [6, 6.07) is 2.54. The van der Waals surface area contributed by atoms with E-state index in [1.54, 1.807) is 0 Å². The Morgan fingerprint density at radius 3 is 2.20 bits per heavy atom. The van der Waals surface area contributed by atoms with Crippen LogP contribution in [-0.4, -0.2) is 84.9 Å². The van der Waals surface area contributed by atoms with Crippen molar-refractivity contribution in [1.29, 1.82) is 0 Å². The predicted molar refractivity (Wildman–Crippen MR) is 118 cm³/mol. The van der Waals surface area contributed by atoms with Crippen LogP contribution in [0.4, 0.5) is 0 Å². The number of hydrogen-bond donors (Lipinski definition) is 7. The number of rotatable bonds is 2. The summed E-state index contributed by atoms with van der Waals surface area (Å²) < 4.78 is 0. The Bertz CT molecular complexity index is 1200. The van der Waals surface area contributed by atoms with Crippen molar-refractivity contribution in [2.24, 2.45) is 17.6 Å². The number of phenols is 1. The van der Waals surface area contributed by atoms with Crippen LogP contribution < -0.4 is 5.73 Å². The first-order valence-electron chi connectivity index (χ1n) is 10.1. The minimum Gasteiger partial charge on any atom is -0.510 e. The van der Waals surface area contributed by atoms with Crippen molar-refractivity contribution in [2.45, 2.75) is 30.3 Å². The molecule has 11 nitrogen and oxygen atoms in total. The van der Waals surface area contributed by atoms with Crippen molar-refractivity contribution in [1.82, 2.24) is 4.90 Å². The number of aliphatic hydroxyl groups is 5. The fraction of sp³-hybridized carbons (Fsp3) is 0.409. The van der Waals surface area contributed by atoms with Gasteiger partial charge in [0.25, 0.3) is 5.91 Å². The van der Waals surface area contributed by atoms with Gasteiger partial charge in [0.05, 0.1) is 40.7 Å². The average molecular weight is 562 g/mol. The molecule has 0 spiro atoms. The molecule has 0 fully saturated rings. The number of amides is 1. The molecule has 0 unspecified atom stereocenters. The molecule has 6 atom stereocenters. The van der Waals surface area contributed by atoms with Gasteiger partial charge in [-0.15, -0.1) is 12.4 Å². The number of carbonyl (C=O) groups excluding carboxylic acids is 3. The second-order valence-corrected chi connectivity index (χ2v) is 9.06. The van der Waals surface area contributed by atoms with Gasteiger partial charge in [0, 0.05) is 19.5 Å². The summed E-state index contributed by atoms with van der Waals surface area (Å²) in [5, 5.41) is 66.5. The number of fused-ring (bicyclic) bond motifs is 3. The van der Waals surface area contributed by atoms with E-state index in [9.17, 15) is 45.0 Å². The Labute approximate surface area is 218 Å². The molecule has 3 aliphatic rings. The van der Waals surface area contributed by atoms with Crippen LogP contribution in [0.3, 0.4) is 0 Å². The summed E-state index contributed by atoms with van der Waals surface area (Å²) >= 11 is 0. The number of hydrogen-bond acceptors (Lipinski definition) is 10. The number of aromatic hydroxyl groups is 1. The van der Waals surface area contributed by atoms with E-state index in [2.05, 4.69) is 0 Å². The van der Waals surface area contributed by atoms with Gasteiger partial charge in [-0.2, -0.15) is 0 Å². The van der Waals surface area contributed by atoms with Crippen molar-refractivity contribution in [3.8, 4) is 5.75 Å². The molecule has 0 heterocycles. The smallest absolute Gasteiger partial charge is 0.255 e. The van der Waals surface area contributed by atoms with Crippen molar-refractivity contribution >= 4 is 29.9 Å². The molecule has 0 bridgehead atoms. The number of halogens is 1. The maximum atomic E-state index is 13.3. The zero-order chi connectivity index (χ0) is 24.8. The first kappa shape index (κ1) is 28.9. The number of phenolic OH excluding ortho intramolecular Hbond substituents is 1. The standard InChI is InChI=1S/C22H24N2O9.ClH.Zn/c1-21(32)7-5-4-6-8(25)9(7)15(26)10-12(21)17(28)13-14(24(2)3)16(27)11(20(23)31)19(30)22(13,33)18(10)29;;/h4-6,12-14,17,25,27-29,32-33H,1-3H3,(H2,23,31);1H;/t12-,13-,14+,17+,21-,22+;;/m1../s1. The Morgan fingerprint density at radius 2 is 1.69 bits per heavy atom. The van der Waals surface area contributed by atoms with Gasteiger partial charge in [-0.3, -0.25) is 19.3 Å². The number of nitrogens with two attached hydrogens (primary N) is 1. The summed E-state index contributed by atoms with van der Waals surface area (Å²) in [6.45, 7) is 1.25. The molecule has 3 aliphatic carbocycles.